The van der Waals surface area contributed by atoms with Crippen LogP contribution in [-0.2, 0) is 18.1 Å². The van der Waals surface area contributed by atoms with Crippen LogP contribution in [-0.4, -0.2) is 40.4 Å². The van der Waals surface area contributed by atoms with E-state index >= 15 is 0 Å². The molecule has 4 nitrogen and oxygen atoms in total. The van der Waals surface area contributed by atoms with Crippen molar-refractivity contribution in [2.75, 3.05) is 12.4 Å². The lowest BCUT2D eigenvalue weighted by atomic mass is 9.96. The Morgan fingerprint density at radius 2 is 1.82 bits per heavy atom. The standard InChI is InChI=1S/C21H29F2N3OS/c1-14-19(26(2)21(28-14)25-17-6-4-3-5-7-17)11-20(27)24-18-9-15(12-22)8-16(10-18)13-23/h8-10,14,17,19H,3-7,11-13H2,1-2H3,(H,24,27). The summed E-state index contributed by atoms with van der Waals surface area (Å²) in [5.41, 5.74) is 1.19. The van der Waals surface area contributed by atoms with E-state index in [9.17, 15) is 13.6 Å². The number of carbonyl (C=O) groups excluding carboxylic acids is 1. The summed E-state index contributed by atoms with van der Waals surface area (Å²) >= 11 is 1.73. The molecule has 2 fully saturated rings. The number of hydrogen-bond donors (Lipinski definition) is 1. The van der Waals surface area contributed by atoms with E-state index in [1.807, 2.05) is 7.05 Å². The van der Waals surface area contributed by atoms with Crippen molar-refractivity contribution in [3.8, 4) is 0 Å². The maximum Gasteiger partial charge on any atom is 0.226 e. The van der Waals surface area contributed by atoms with E-state index in [4.69, 9.17) is 4.99 Å². The lowest BCUT2D eigenvalue weighted by molar-refractivity contribution is -0.117. The fourth-order valence-electron chi connectivity index (χ4n) is 3.97. The molecule has 1 saturated heterocycles. The number of anilines is 1. The minimum absolute atomic E-state index is 0.0531. The average molecular weight is 410 g/mol. The molecule has 1 aliphatic heterocycles. The van der Waals surface area contributed by atoms with Crippen LogP contribution in [0.4, 0.5) is 14.5 Å². The second-order valence-electron chi connectivity index (χ2n) is 7.76. The van der Waals surface area contributed by atoms with E-state index < -0.39 is 13.3 Å². The summed E-state index contributed by atoms with van der Waals surface area (Å²) in [7, 11) is 2.00. The van der Waals surface area contributed by atoms with Gasteiger partial charge in [0.05, 0.1) is 12.1 Å². The summed E-state index contributed by atoms with van der Waals surface area (Å²) in [6.45, 7) is 0.751. The number of alkyl halides is 2. The minimum atomic E-state index is -0.684. The number of amidine groups is 1. The molecule has 7 heteroatoms. The van der Waals surface area contributed by atoms with Crippen LogP contribution in [0, 0.1) is 0 Å². The zero-order valence-electron chi connectivity index (χ0n) is 16.6. The fraction of sp³-hybridized carbons (Fsp3) is 0.619. The first-order valence-electron chi connectivity index (χ1n) is 10.0. The highest BCUT2D eigenvalue weighted by Crippen LogP contribution is 2.34. The monoisotopic (exact) mass is 409 g/mol. The molecule has 1 heterocycles. The molecule has 154 valence electrons. The minimum Gasteiger partial charge on any atom is -0.350 e. The van der Waals surface area contributed by atoms with Crippen LogP contribution in [0.3, 0.4) is 0 Å². The highest BCUT2D eigenvalue weighted by molar-refractivity contribution is 8.14. The molecule has 0 spiro atoms. The number of nitrogens with one attached hydrogen (secondary N) is 1. The van der Waals surface area contributed by atoms with Gasteiger partial charge in [-0.05, 0) is 36.1 Å². The zero-order valence-corrected chi connectivity index (χ0v) is 17.4. The molecule has 2 atom stereocenters. The van der Waals surface area contributed by atoms with Gasteiger partial charge in [-0.2, -0.15) is 0 Å². The summed E-state index contributed by atoms with van der Waals surface area (Å²) < 4.78 is 25.9. The molecular formula is C21H29F2N3OS. The summed E-state index contributed by atoms with van der Waals surface area (Å²) in [6, 6.07) is 5.05. The third kappa shape index (κ3) is 5.25. The summed E-state index contributed by atoms with van der Waals surface area (Å²) in [6.07, 6.45) is 6.42. The molecule has 1 aromatic rings. The Morgan fingerprint density at radius 3 is 2.43 bits per heavy atom. The van der Waals surface area contributed by atoms with Crippen molar-refractivity contribution in [2.24, 2.45) is 4.99 Å². The highest BCUT2D eigenvalue weighted by Gasteiger charge is 2.36. The Bertz CT molecular complexity index is 699. The fourth-order valence-corrected chi connectivity index (χ4v) is 5.25. The number of nitrogens with zero attached hydrogens (tertiary/aromatic N) is 2. The van der Waals surface area contributed by atoms with Gasteiger partial charge in [-0.25, -0.2) is 8.78 Å². The predicted octanol–water partition coefficient (Wildman–Crippen LogP) is 5.08. The molecule has 0 bridgehead atoms. The second-order valence-corrected chi connectivity index (χ2v) is 9.11. The topological polar surface area (TPSA) is 44.7 Å². The quantitative estimate of drug-likeness (QED) is 0.713. The number of rotatable bonds is 6. The molecule has 1 N–H and O–H groups in total. The first kappa shape index (κ1) is 21.1. The Balaban J connectivity index is 1.62. The molecule has 3 rings (SSSR count). The van der Waals surface area contributed by atoms with Crippen LogP contribution in [0.15, 0.2) is 23.2 Å². The number of carbonyl (C=O) groups is 1. The maximum absolute atomic E-state index is 13.0. The average Bonchev–Trinajstić information content (AvgIpc) is 2.95. The molecule has 1 saturated carbocycles. The maximum atomic E-state index is 13.0. The number of benzene rings is 1. The molecule has 0 radical (unpaired) electrons. The number of aliphatic imine (C=N–C) groups is 1. The van der Waals surface area contributed by atoms with Gasteiger partial charge in [-0.1, -0.05) is 44.0 Å². The number of amides is 1. The lowest BCUT2D eigenvalue weighted by Crippen LogP contribution is -2.36. The third-order valence-corrected chi connectivity index (χ3v) is 6.83. The van der Waals surface area contributed by atoms with E-state index in [2.05, 4.69) is 17.1 Å². The van der Waals surface area contributed by atoms with Crippen LogP contribution in [0.1, 0.15) is 56.6 Å². The predicted molar refractivity (Wildman–Crippen MR) is 112 cm³/mol. The Morgan fingerprint density at radius 1 is 1.18 bits per heavy atom. The van der Waals surface area contributed by atoms with Gasteiger partial charge in [-0.3, -0.25) is 9.79 Å². The van der Waals surface area contributed by atoms with Crippen molar-refractivity contribution in [3.05, 3.63) is 29.3 Å². The lowest BCUT2D eigenvalue weighted by Gasteiger charge is -2.24. The van der Waals surface area contributed by atoms with Crippen LogP contribution in [0.2, 0.25) is 0 Å². The van der Waals surface area contributed by atoms with Crippen LogP contribution >= 0.6 is 11.8 Å². The van der Waals surface area contributed by atoms with Crippen molar-refractivity contribution in [2.45, 2.75) is 76.1 Å². The van der Waals surface area contributed by atoms with Crippen LogP contribution < -0.4 is 5.32 Å². The summed E-state index contributed by atoms with van der Waals surface area (Å²) in [5, 5.41) is 4.09. The molecule has 2 aliphatic rings. The van der Waals surface area contributed by atoms with E-state index in [-0.39, 0.29) is 17.2 Å². The van der Waals surface area contributed by atoms with Crippen LogP contribution in [0.5, 0.6) is 0 Å². The summed E-state index contributed by atoms with van der Waals surface area (Å²) in [4.78, 5) is 19.6. The Kier molecular flexibility index (Phi) is 7.32. The van der Waals surface area contributed by atoms with Crippen molar-refractivity contribution >= 4 is 28.5 Å². The Labute approximate surface area is 170 Å². The van der Waals surface area contributed by atoms with Gasteiger partial charge in [0, 0.05) is 24.4 Å². The van der Waals surface area contributed by atoms with Gasteiger partial charge in [0.25, 0.3) is 0 Å². The molecule has 2 unspecified atom stereocenters. The molecule has 1 amide bonds. The highest BCUT2D eigenvalue weighted by atomic mass is 32.2. The van der Waals surface area contributed by atoms with E-state index in [1.165, 1.54) is 25.3 Å². The number of halogens is 2. The number of hydrogen-bond acceptors (Lipinski definition) is 3. The van der Waals surface area contributed by atoms with Crippen molar-refractivity contribution in [3.63, 3.8) is 0 Å². The van der Waals surface area contributed by atoms with Crippen molar-refractivity contribution in [1.82, 2.24) is 4.90 Å². The molecule has 1 aromatic carbocycles. The Hall–Kier alpha value is -1.63. The molecule has 0 aromatic heterocycles. The van der Waals surface area contributed by atoms with E-state index in [1.54, 1.807) is 23.9 Å². The van der Waals surface area contributed by atoms with Crippen LogP contribution in [0.25, 0.3) is 0 Å². The van der Waals surface area contributed by atoms with Crippen molar-refractivity contribution in [1.29, 1.82) is 0 Å². The zero-order chi connectivity index (χ0) is 20.1. The first-order chi connectivity index (χ1) is 13.5. The summed E-state index contributed by atoms with van der Waals surface area (Å²) in [5.74, 6) is -0.149. The number of thioether (sulfide) groups is 1. The largest absolute Gasteiger partial charge is 0.350 e. The molecular weight excluding hydrogens is 380 g/mol. The normalized spacial score (nSPS) is 24.7. The van der Waals surface area contributed by atoms with E-state index in [0.717, 1.165) is 18.0 Å². The molecule has 1 aliphatic carbocycles. The van der Waals surface area contributed by atoms with Crippen molar-refractivity contribution < 1.29 is 13.6 Å². The first-order valence-corrected chi connectivity index (χ1v) is 10.9. The smallest absolute Gasteiger partial charge is 0.226 e. The third-order valence-electron chi connectivity index (χ3n) is 5.54. The van der Waals surface area contributed by atoms with Gasteiger partial charge in [0.1, 0.15) is 13.3 Å². The van der Waals surface area contributed by atoms with Gasteiger partial charge < -0.3 is 10.2 Å². The molecule has 28 heavy (non-hydrogen) atoms. The van der Waals surface area contributed by atoms with Gasteiger partial charge in [0.15, 0.2) is 5.17 Å². The van der Waals surface area contributed by atoms with Gasteiger partial charge in [-0.15, -0.1) is 0 Å². The SMILES string of the molecule is CC1SC(=NC2CCCCC2)N(C)C1CC(=O)Nc1cc(CF)cc(CF)c1. The van der Waals surface area contributed by atoms with E-state index in [0.29, 0.717) is 29.3 Å². The van der Waals surface area contributed by atoms with Gasteiger partial charge in [0.2, 0.25) is 5.91 Å². The second kappa shape index (κ2) is 9.72. The van der Waals surface area contributed by atoms with Gasteiger partial charge >= 0.3 is 0 Å².